The summed E-state index contributed by atoms with van der Waals surface area (Å²) in [7, 11) is -4.02. The first-order valence-corrected chi connectivity index (χ1v) is 13.1. The molecule has 180 valence electrons. The second kappa shape index (κ2) is 9.95. The molecule has 12 heteroatoms. The van der Waals surface area contributed by atoms with Crippen molar-refractivity contribution in [3.63, 3.8) is 0 Å². The van der Waals surface area contributed by atoms with Crippen molar-refractivity contribution >= 4 is 55.1 Å². The van der Waals surface area contributed by atoms with Gasteiger partial charge in [0.15, 0.2) is 4.80 Å². The van der Waals surface area contributed by atoms with E-state index in [1.807, 2.05) is 0 Å². The van der Waals surface area contributed by atoms with E-state index in [2.05, 4.69) is 4.99 Å². The normalized spacial score (nSPS) is 17.4. The zero-order valence-electron chi connectivity index (χ0n) is 18.1. The Bertz CT molecular complexity index is 1420. The Hall–Kier alpha value is -2.60. The number of carbonyl (C=O) groups excluding carboxylic acids is 2. The van der Waals surface area contributed by atoms with E-state index in [1.54, 1.807) is 29.7 Å². The predicted molar refractivity (Wildman–Crippen MR) is 125 cm³/mol. The first-order valence-electron chi connectivity index (χ1n) is 10.5. The summed E-state index contributed by atoms with van der Waals surface area (Å²) in [6.45, 7) is 1.89. The molecular weight excluding hydrogens is 505 g/mol. The van der Waals surface area contributed by atoms with Gasteiger partial charge < -0.3 is 9.30 Å². The highest BCUT2D eigenvalue weighted by molar-refractivity contribution is 7.89. The monoisotopic (exact) mass is 525 g/mol. The Balaban J connectivity index is 1.72. The van der Waals surface area contributed by atoms with E-state index >= 15 is 0 Å². The number of sulfonamides is 1. The van der Waals surface area contributed by atoms with Crippen molar-refractivity contribution < 1.29 is 27.1 Å². The molecular formula is C22H21ClFN3O5S2. The van der Waals surface area contributed by atoms with Crippen LogP contribution in [0.5, 0.6) is 0 Å². The van der Waals surface area contributed by atoms with Gasteiger partial charge in [-0.25, -0.2) is 12.8 Å². The molecule has 2 heterocycles. The highest BCUT2D eigenvalue weighted by atomic mass is 35.5. The SMILES string of the molecule is CCOC(=O)Cn1c(=NC(=O)C2CCCN2S(=O)(=O)c2ccc(F)cc2)sc2cc(Cl)ccc21. The topological polar surface area (TPSA) is 98.0 Å². The number of hydrogen-bond acceptors (Lipinski definition) is 6. The molecule has 1 amide bonds. The highest BCUT2D eigenvalue weighted by Gasteiger charge is 2.39. The van der Waals surface area contributed by atoms with Crippen LogP contribution in [-0.2, 0) is 30.9 Å². The van der Waals surface area contributed by atoms with Crippen molar-refractivity contribution in [2.45, 2.75) is 37.2 Å². The Morgan fingerprint density at radius 1 is 1.24 bits per heavy atom. The van der Waals surface area contributed by atoms with E-state index in [1.165, 1.54) is 23.5 Å². The molecule has 0 aliphatic carbocycles. The van der Waals surface area contributed by atoms with Crippen LogP contribution in [0.25, 0.3) is 10.2 Å². The van der Waals surface area contributed by atoms with Crippen molar-refractivity contribution in [1.82, 2.24) is 8.87 Å². The lowest BCUT2D eigenvalue weighted by Gasteiger charge is -2.21. The molecule has 2 aromatic carbocycles. The van der Waals surface area contributed by atoms with Crippen molar-refractivity contribution in [1.29, 1.82) is 0 Å². The number of carbonyl (C=O) groups is 2. The van der Waals surface area contributed by atoms with Gasteiger partial charge in [-0.3, -0.25) is 9.59 Å². The molecule has 0 spiro atoms. The van der Waals surface area contributed by atoms with Crippen LogP contribution in [-0.4, -0.2) is 48.4 Å². The van der Waals surface area contributed by atoms with Crippen molar-refractivity contribution in [3.8, 4) is 0 Å². The molecule has 1 aromatic heterocycles. The number of esters is 1. The summed E-state index contributed by atoms with van der Waals surface area (Å²) in [5.41, 5.74) is 0.649. The highest BCUT2D eigenvalue weighted by Crippen LogP contribution is 2.27. The molecule has 1 aliphatic heterocycles. The number of fused-ring (bicyclic) bond motifs is 1. The third-order valence-electron chi connectivity index (χ3n) is 5.35. The maximum Gasteiger partial charge on any atom is 0.326 e. The summed E-state index contributed by atoms with van der Waals surface area (Å²) < 4.78 is 47.9. The van der Waals surface area contributed by atoms with Crippen LogP contribution < -0.4 is 4.80 Å². The Labute approximate surface area is 204 Å². The average Bonchev–Trinajstić information content (AvgIpc) is 3.40. The van der Waals surface area contributed by atoms with Crippen LogP contribution in [0.3, 0.4) is 0 Å². The maximum absolute atomic E-state index is 13.3. The third kappa shape index (κ3) is 4.92. The van der Waals surface area contributed by atoms with E-state index in [-0.39, 0.29) is 29.4 Å². The fraction of sp³-hybridized carbons (Fsp3) is 0.318. The second-order valence-electron chi connectivity index (χ2n) is 7.57. The van der Waals surface area contributed by atoms with Gasteiger partial charge in [0.05, 0.1) is 21.7 Å². The predicted octanol–water partition coefficient (Wildman–Crippen LogP) is 3.34. The molecule has 1 atom stereocenters. The number of nitrogens with zero attached hydrogens (tertiary/aromatic N) is 3. The molecule has 8 nitrogen and oxygen atoms in total. The summed E-state index contributed by atoms with van der Waals surface area (Å²) in [6, 6.07) is 8.55. The van der Waals surface area contributed by atoms with Crippen molar-refractivity contribution in [3.05, 3.63) is 58.1 Å². The molecule has 1 aliphatic rings. The molecule has 0 N–H and O–H groups in total. The fourth-order valence-electron chi connectivity index (χ4n) is 3.81. The molecule has 34 heavy (non-hydrogen) atoms. The van der Waals surface area contributed by atoms with E-state index in [0.717, 1.165) is 16.4 Å². The van der Waals surface area contributed by atoms with Gasteiger partial charge in [-0.05, 0) is 62.2 Å². The van der Waals surface area contributed by atoms with Crippen LogP contribution in [0.15, 0.2) is 52.4 Å². The zero-order chi connectivity index (χ0) is 24.5. The first kappa shape index (κ1) is 24.5. The largest absolute Gasteiger partial charge is 0.465 e. The second-order valence-corrected chi connectivity index (χ2v) is 10.9. The Kier molecular flexibility index (Phi) is 7.17. The summed E-state index contributed by atoms with van der Waals surface area (Å²) in [5, 5.41) is 0.488. The van der Waals surface area contributed by atoms with Gasteiger partial charge in [0.1, 0.15) is 18.4 Å². The van der Waals surface area contributed by atoms with Crippen LogP contribution in [0.1, 0.15) is 19.8 Å². The van der Waals surface area contributed by atoms with Gasteiger partial charge in [-0.1, -0.05) is 22.9 Å². The summed E-state index contributed by atoms with van der Waals surface area (Å²) in [6.07, 6.45) is 0.786. The van der Waals surface area contributed by atoms with E-state index in [9.17, 15) is 22.4 Å². The van der Waals surface area contributed by atoms with Crippen LogP contribution >= 0.6 is 22.9 Å². The van der Waals surface area contributed by atoms with Crippen LogP contribution in [0.2, 0.25) is 5.02 Å². The minimum absolute atomic E-state index is 0.0949. The summed E-state index contributed by atoms with van der Waals surface area (Å²) in [4.78, 5) is 29.7. The van der Waals surface area contributed by atoms with Crippen molar-refractivity contribution in [2.24, 2.45) is 4.99 Å². The average molecular weight is 526 g/mol. The Morgan fingerprint density at radius 3 is 2.68 bits per heavy atom. The zero-order valence-corrected chi connectivity index (χ0v) is 20.5. The molecule has 0 saturated carbocycles. The Morgan fingerprint density at radius 2 is 1.97 bits per heavy atom. The van der Waals surface area contributed by atoms with Gasteiger partial charge >= 0.3 is 5.97 Å². The number of benzene rings is 2. The molecule has 1 fully saturated rings. The standard InChI is InChI=1S/C22H21ClFN3O5S2/c1-2-32-20(28)13-26-17-10-5-14(23)12-19(17)33-22(26)25-21(29)18-4-3-11-27(18)34(30,31)16-8-6-15(24)7-9-16/h5-10,12,18H,2-4,11,13H2,1H3. The van der Waals surface area contributed by atoms with E-state index in [0.29, 0.717) is 28.1 Å². The number of rotatable bonds is 6. The quantitative estimate of drug-likeness (QED) is 0.460. The minimum atomic E-state index is -4.02. The number of ether oxygens (including phenoxy) is 1. The van der Waals surface area contributed by atoms with E-state index < -0.39 is 33.8 Å². The van der Waals surface area contributed by atoms with Gasteiger partial charge in [-0.15, -0.1) is 0 Å². The lowest BCUT2D eigenvalue weighted by atomic mass is 10.2. The third-order valence-corrected chi connectivity index (χ3v) is 8.55. The molecule has 4 rings (SSSR count). The molecule has 1 unspecified atom stereocenters. The minimum Gasteiger partial charge on any atom is -0.465 e. The fourth-order valence-corrected chi connectivity index (χ4v) is 6.77. The van der Waals surface area contributed by atoms with Gasteiger partial charge in [0.2, 0.25) is 10.0 Å². The van der Waals surface area contributed by atoms with Gasteiger partial charge in [-0.2, -0.15) is 9.30 Å². The first-order chi connectivity index (χ1) is 16.2. The number of aromatic nitrogens is 1. The molecule has 1 saturated heterocycles. The van der Waals surface area contributed by atoms with Gasteiger partial charge in [0.25, 0.3) is 5.91 Å². The molecule has 3 aromatic rings. The smallest absolute Gasteiger partial charge is 0.326 e. The summed E-state index contributed by atoms with van der Waals surface area (Å²) in [5.74, 6) is -1.69. The van der Waals surface area contributed by atoms with E-state index in [4.69, 9.17) is 16.3 Å². The number of halogens is 2. The lowest BCUT2D eigenvalue weighted by Crippen LogP contribution is -2.40. The van der Waals surface area contributed by atoms with Crippen molar-refractivity contribution in [2.75, 3.05) is 13.2 Å². The molecule has 0 bridgehead atoms. The lowest BCUT2D eigenvalue weighted by molar-refractivity contribution is -0.143. The van der Waals surface area contributed by atoms with Crippen LogP contribution in [0, 0.1) is 5.82 Å². The number of amides is 1. The summed E-state index contributed by atoms with van der Waals surface area (Å²) >= 11 is 7.26. The van der Waals surface area contributed by atoms with Gasteiger partial charge in [0, 0.05) is 11.6 Å². The number of thiazole rings is 1. The number of hydrogen-bond donors (Lipinski definition) is 0. The maximum atomic E-state index is 13.3. The van der Waals surface area contributed by atoms with Crippen LogP contribution in [0.4, 0.5) is 4.39 Å². The molecule has 0 radical (unpaired) electrons.